The van der Waals surface area contributed by atoms with E-state index in [4.69, 9.17) is 4.74 Å². The molecule has 3 aromatic rings. The average Bonchev–Trinajstić information content (AvgIpc) is 3.38. The molecule has 1 fully saturated rings. The lowest BCUT2D eigenvalue weighted by molar-refractivity contribution is -0.140. The number of ether oxygens (including phenoxy) is 1. The number of rotatable bonds is 6. The topological polar surface area (TPSA) is 79.7 Å². The molecule has 0 bridgehead atoms. The zero-order chi connectivity index (χ0) is 22.0. The minimum atomic E-state index is -0.684. The maximum absolute atomic E-state index is 13.0. The second-order valence-corrected chi connectivity index (χ2v) is 8.19. The van der Waals surface area contributed by atoms with Gasteiger partial charge in [-0.2, -0.15) is 0 Å². The highest BCUT2D eigenvalue weighted by Gasteiger charge is 2.46. The first kappa shape index (κ1) is 20.8. The molecule has 1 amide bonds. The summed E-state index contributed by atoms with van der Waals surface area (Å²) in [6, 6.07) is 11.9. The maximum atomic E-state index is 13.0. The second kappa shape index (κ2) is 8.73. The van der Waals surface area contributed by atoms with Gasteiger partial charge in [0.2, 0.25) is 0 Å². The number of carbonyl (C=O) groups is 2. The van der Waals surface area contributed by atoms with Gasteiger partial charge in [-0.15, -0.1) is 11.3 Å². The lowest BCUT2D eigenvalue weighted by Crippen LogP contribution is -2.28. The number of carbonyl (C=O) groups excluding carboxylic acids is 2. The van der Waals surface area contributed by atoms with E-state index < -0.39 is 17.7 Å². The first-order valence-electron chi connectivity index (χ1n) is 9.95. The van der Waals surface area contributed by atoms with E-state index in [-0.39, 0.29) is 17.9 Å². The summed E-state index contributed by atoms with van der Waals surface area (Å²) >= 11 is 1.44. The van der Waals surface area contributed by atoms with Crippen LogP contribution in [0.2, 0.25) is 0 Å². The van der Waals surface area contributed by atoms with E-state index in [1.165, 1.54) is 16.2 Å². The number of likely N-dealkylation sites (tertiary alicyclic amines) is 1. The first-order chi connectivity index (χ1) is 15.0. The fourth-order valence-electron chi connectivity index (χ4n) is 3.74. The van der Waals surface area contributed by atoms with Crippen LogP contribution in [0.5, 0.6) is 5.75 Å². The third-order valence-corrected chi connectivity index (χ3v) is 6.13. The molecule has 7 heteroatoms. The Balaban J connectivity index is 1.80. The van der Waals surface area contributed by atoms with Crippen molar-refractivity contribution in [2.45, 2.75) is 26.4 Å². The monoisotopic (exact) mass is 434 g/mol. The molecular formula is C24H22N2O4S. The van der Waals surface area contributed by atoms with Crippen LogP contribution in [0.3, 0.4) is 0 Å². The van der Waals surface area contributed by atoms with Crippen molar-refractivity contribution in [3.63, 3.8) is 0 Å². The molecule has 4 rings (SSSR count). The van der Waals surface area contributed by atoms with Crippen LogP contribution in [0, 0.1) is 6.92 Å². The molecule has 0 saturated carbocycles. The molecule has 0 aliphatic carbocycles. The SMILES string of the molecule is CCOc1ccc(/C(O)=C2/C(=O)C(=O)N(Cc3ccncc3)C2c2cccs2)cc1C. The molecule has 0 radical (unpaired) electrons. The number of aliphatic hydroxyl groups is 1. The van der Waals surface area contributed by atoms with Gasteiger partial charge in [0.1, 0.15) is 11.5 Å². The fraction of sp³-hybridized carbons (Fsp3) is 0.208. The van der Waals surface area contributed by atoms with Crippen LogP contribution in [0.1, 0.15) is 34.5 Å². The number of Topliss-reactive ketones (excluding diaryl/α,β-unsaturated/α-hetero) is 1. The number of aliphatic hydroxyl groups excluding tert-OH is 1. The summed E-state index contributed by atoms with van der Waals surface area (Å²) in [6.07, 6.45) is 3.30. The van der Waals surface area contributed by atoms with Gasteiger partial charge < -0.3 is 14.7 Å². The zero-order valence-electron chi connectivity index (χ0n) is 17.2. The van der Waals surface area contributed by atoms with Crippen molar-refractivity contribution >= 4 is 28.8 Å². The normalized spacial score (nSPS) is 17.9. The van der Waals surface area contributed by atoms with E-state index in [0.717, 1.165) is 16.0 Å². The Morgan fingerprint density at radius 1 is 1.19 bits per heavy atom. The van der Waals surface area contributed by atoms with Gasteiger partial charge in [0.15, 0.2) is 0 Å². The number of ketones is 1. The molecule has 1 aromatic carbocycles. The molecule has 1 saturated heterocycles. The van der Waals surface area contributed by atoms with E-state index in [0.29, 0.717) is 17.9 Å². The lowest BCUT2D eigenvalue weighted by atomic mass is 9.98. The molecule has 0 spiro atoms. The molecule has 1 N–H and O–H groups in total. The first-order valence-corrected chi connectivity index (χ1v) is 10.8. The molecule has 1 atom stereocenters. The predicted molar refractivity (Wildman–Crippen MR) is 119 cm³/mol. The Morgan fingerprint density at radius 3 is 2.61 bits per heavy atom. The summed E-state index contributed by atoms with van der Waals surface area (Å²) in [6.45, 7) is 4.55. The third-order valence-electron chi connectivity index (χ3n) is 5.20. The lowest BCUT2D eigenvalue weighted by Gasteiger charge is -2.24. The standard InChI is InChI=1S/C24H22N2O4S/c1-3-30-18-7-6-17(13-15(18)2)22(27)20-21(19-5-4-12-31-19)26(24(29)23(20)28)14-16-8-10-25-11-9-16/h4-13,21,27H,3,14H2,1-2H3/b22-20-. The van der Waals surface area contributed by atoms with Gasteiger partial charge in [-0.25, -0.2) is 0 Å². The highest BCUT2D eigenvalue weighted by Crippen LogP contribution is 2.42. The van der Waals surface area contributed by atoms with Crippen LogP contribution < -0.4 is 4.74 Å². The zero-order valence-corrected chi connectivity index (χ0v) is 18.1. The Bertz CT molecular complexity index is 1140. The number of amides is 1. The number of hydrogen-bond acceptors (Lipinski definition) is 6. The van der Waals surface area contributed by atoms with Crippen molar-refractivity contribution in [2.24, 2.45) is 0 Å². The summed E-state index contributed by atoms with van der Waals surface area (Å²) in [5, 5.41) is 13.0. The molecule has 31 heavy (non-hydrogen) atoms. The smallest absolute Gasteiger partial charge is 0.295 e. The molecule has 3 heterocycles. The van der Waals surface area contributed by atoms with E-state index in [9.17, 15) is 14.7 Å². The van der Waals surface area contributed by atoms with E-state index in [1.54, 1.807) is 42.7 Å². The molecule has 158 valence electrons. The van der Waals surface area contributed by atoms with Crippen LogP contribution in [-0.4, -0.2) is 33.3 Å². The number of thiophene rings is 1. The Morgan fingerprint density at radius 2 is 1.97 bits per heavy atom. The van der Waals surface area contributed by atoms with Gasteiger partial charge in [0, 0.05) is 29.4 Å². The molecule has 2 aromatic heterocycles. The van der Waals surface area contributed by atoms with Crippen LogP contribution >= 0.6 is 11.3 Å². The van der Waals surface area contributed by atoms with Gasteiger partial charge in [0.25, 0.3) is 11.7 Å². The van der Waals surface area contributed by atoms with Gasteiger partial charge in [-0.3, -0.25) is 14.6 Å². The van der Waals surface area contributed by atoms with E-state index in [1.807, 2.05) is 31.4 Å². The van der Waals surface area contributed by atoms with E-state index in [2.05, 4.69) is 4.98 Å². The minimum absolute atomic E-state index is 0.102. The summed E-state index contributed by atoms with van der Waals surface area (Å²) in [5.74, 6) is -0.775. The Labute approximate surface area is 184 Å². The quantitative estimate of drug-likeness (QED) is 0.352. The van der Waals surface area contributed by atoms with E-state index >= 15 is 0 Å². The minimum Gasteiger partial charge on any atom is -0.507 e. The molecule has 6 nitrogen and oxygen atoms in total. The van der Waals surface area contributed by atoms with Gasteiger partial charge in [-0.1, -0.05) is 6.07 Å². The van der Waals surface area contributed by atoms with Crippen molar-refractivity contribution in [2.75, 3.05) is 6.61 Å². The van der Waals surface area contributed by atoms with Crippen molar-refractivity contribution in [3.05, 3.63) is 87.4 Å². The highest BCUT2D eigenvalue weighted by molar-refractivity contribution is 7.10. The van der Waals surface area contributed by atoms with Crippen molar-refractivity contribution in [1.29, 1.82) is 0 Å². The van der Waals surface area contributed by atoms with Crippen molar-refractivity contribution in [1.82, 2.24) is 9.88 Å². The molecule has 1 aliphatic heterocycles. The highest BCUT2D eigenvalue weighted by atomic mass is 32.1. The molecule has 1 aliphatic rings. The number of benzene rings is 1. The number of hydrogen-bond donors (Lipinski definition) is 1. The summed E-state index contributed by atoms with van der Waals surface area (Å²) in [7, 11) is 0. The van der Waals surface area contributed by atoms with Gasteiger partial charge in [0.05, 0.1) is 18.2 Å². The largest absolute Gasteiger partial charge is 0.507 e. The van der Waals surface area contributed by atoms with Gasteiger partial charge >= 0.3 is 0 Å². The molecular weight excluding hydrogens is 412 g/mol. The number of aromatic nitrogens is 1. The number of pyridine rings is 1. The predicted octanol–water partition coefficient (Wildman–Crippen LogP) is 4.47. The van der Waals surface area contributed by atoms with Crippen LogP contribution in [0.25, 0.3) is 5.76 Å². The third kappa shape index (κ3) is 3.96. The van der Waals surface area contributed by atoms with Crippen LogP contribution in [-0.2, 0) is 16.1 Å². The van der Waals surface area contributed by atoms with Crippen molar-refractivity contribution in [3.8, 4) is 5.75 Å². The number of nitrogens with zero attached hydrogens (tertiary/aromatic N) is 2. The maximum Gasteiger partial charge on any atom is 0.295 e. The van der Waals surface area contributed by atoms with Gasteiger partial charge in [-0.05, 0) is 66.8 Å². The Hall–Kier alpha value is -3.45. The van der Waals surface area contributed by atoms with Crippen LogP contribution in [0.15, 0.2) is 65.8 Å². The summed E-state index contributed by atoms with van der Waals surface area (Å²) in [4.78, 5) is 32.3. The second-order valence-electron chi connectivity index (χ2n) is 7.21. The summed E-state index contributed by atoms with van der Waals surface area (Å²) < 4.78 is 5.57. The summed E-state index contributed by atoms with van der Waals surface area (Å²) in [5.41, 5.74) is 2.27. The Kier molecular flexibility index (Phi) is 5.86. The average molecular weight is 435 g/mol. The molecule has 1 unspecified atom stereocenters. The van der Waals surface area contributed by atoms with Crippen molar-refractivity contribution < 1.29 is 19.4 Å². The number of aryl methyl sites for hydroxylation is 1. The fourth-order valence-corrected chi connectivity index (χ4v) is 4.59. The van der Waals surface area contributed by atoms with Crippen LogP contribution in [0.4, 0.5) is 0 Å².